The largest absolute Gasteiger partial charge is 0.395 e. The number of aryl methyl sites for hydroxylation is 1. The second-order valence-electron chi connectivity index (χ2n) is 4.80. The average molecular weight is 260 g/mol. The van der Waals surface area contributed by atoms with Crippen molar-refractivity contribution in [2.24, 2.45) is 7.05 Å². The van der Waals surface area contributed by atoms with E-state index in [2.05, 4.69) is 29.2 Å². The number of nitrogens with zero attached hydrogens (tertiary/aromatic N) is 3. The molecule has 0 saturated carbocycles. The normalized spacial score (nSPS) is 11.0. The molecule has 2 rings (SSSR count). The first-order chi connectivity index (χ1) is 9.11. The smallest absolute Gasteiger partial charge is 0.158 e. The Hall–Kier alpha value is -1.88. The van der Waals surface area contributed by atoms with Gasteiger partial charge < -0.3 is 10.4 Å². The summed E-state index contributed by atoms with van der Waals surface area (Å²) in [6, 6.07) is 7.98. The molecule has 1 aromatic carbocycles. The van der Waals surface area contributed by atoms with E-state index in [0.717, 1.165) is 22.9 Å². The van der Waals surface area contributed by atoms with Crippen LogP contribution in [0.15, 0.2) is 24.3 Å². The molecule has 1 aromatic heterocycles. The van der Waals surface area contributed by atoms with Crippen LogP contribution in [0.3, 0.4) is 0 Å². The van der Waals surface area contributed by atoms with E-state index in [1.165, 1.54) is 0 Å². The lowest BCUT2D eigenvalue weighted by Gasteiger charge is -2.05. The second kappa shape index (κ2) is 5.84. The third-order valence-corrected chi connectivity index (χ3v) is 2.88. The van der Waals surface area contributed by atoms with Crippen LogP contribution in [0.5, 0.6) is 0 Å². The molecule has 0 bridgehead atoms. The van der Waals surface area contributed by atoms with Crippen molar-refractivity contribution in [3.05, 3.63) is 30.1 Å². The fourth-order valence-electron chi connectivity index (χ4n) is 1.84. The maximum absolute atomic E-state index is 8.77. The number of rotatable bonds is 5. The summed E-state index contributed by atoms with van der Waals surface area (Å²) in [6.07, 6.45) is 0. The summed E-state index contributed by atoms with van der Waals surface area (Å²) >= 11 is 0. The van der Waals surface area contributed by atoms with Crippen LogP contribution in [0.1, 0.15) is 25.6 Å². The number of aliphatic hydroxyl groups is 1. The van der Waals surface area contributed by atoms with E-state index < -0.39 is 0 Å². The van der Waals surface area contributed by atoms with Crippen molar-refractivity contribution in [1.29, 1.82) is 0 Å². The van der Waals surface area contributed by atoms with Gasteiger partial charge in [0.1, 0.15) is 0 Å². The molecule has 0 amide bonds. The van der Waals surface area contributed by atoms with Gasteiger partial charge in [0.2, 0.25) is 0 Å². The highest BCUT2D eigenvalue weighted by Gasteiger charge is 2.11. The lowest BCUT2D eigenvalue weighted by atomic mass is 10.2. The molecule has 2 aromatic rings. The van der Waals surface area contributed by atoms with Crippen molar-refractivity contribution in [2.75, 3.05) is 18.5 Å². The Morgan fingerprint density at radius 2 is 1.95 bits per heavy atom. The fourth-order valence-corrected chi connectivity index (χ4v) is 1.84. The lowest BCUT2D eigenvalue weighted by Crippen LogP contribution is -2.05. The number of hydrogen-bond acceptors (Lipinski definition) is 4. The number of benzene rings is 1. The minimum atomic E-state index is 0.128. The van der Waals surface area contributed by atoms with Crippen LogP contribution in [0, 0.1) is 0 Å². The summed E-state index contributed by atoms with van der Waals surface area (Å²) in [5.74, 6) is 2.06. The van der Waals surface area contributed by atoms with Crippen molar-refractivity contribution in [2.45, 2.75) is 19.8 Å². The van der Waals surface area contributed by atoms with Crippen molar-refractivity contribution >= 4 is 5.69 Å². The van der Waals surface area contributed by atoms with Gasteiger partial charge in [-0.15, -0.1) is 0 Å². The van der Waals surface area contributed by atoms with E-state index in [0.29, 0.717) is 12.5 Å². The monoisotopic (exact) mass is 260 g/mol. The van der Waals surface area contributed by atoms with Crippen molar-refractivity contribution in [1.82, 2.24) is 14.8 Å². The maximum Gasteiger partial charge on any atom is 0.158 e. The van der Waals surface area contributed by atoms with Gasteiger partial charge in [-0.2, -0.15) is 5.10 Å². The SMILES string of the molecule is CC(C)c1nc(-c2ccc(NCCO)cc2)n(C)n1. The quantitative estimate of drug-likeness (QED) is 0.863. The van der Waals surface area contributed by atoms with Crippen molar-refractivity contribution in [3.8, 4) is 11.4 Å². The third kappa shape index (κ3) is 3.12. The van der Waals surface area contributed by atoms with Gasteiger partial charge in [0.15, 0.2) is 11.6 Å². The molecule has 0 aliphatic rings. The second-order valence-corrected chi connectivity index (χ2v) is 4.80. The Morgan fingerprint density at radius 1 is 1.26 bits per heavy atom. The average Bonchev–Trinajstić information content (AvgIpc) is 2.79. The van der Waals surface area contributed by atoms with E-state index in [9.17, 15) is 0 Å². The molecule has 0 atom stereocenters. The van der Waals surface area contributed by atoms with E-state index in [1.807, 2.05) is 36.0 Å². The Labute approximate surface area is 113 Å². The Balaban J connectivity index is 2.22. The first-order valence-electron chi connectivity index (χ1n) is 6.48. The van der Waals surface area contributed by atoms with Crippen molar-refractivity contribution in [3.63, 3.8) is 0 Å². The molecule has 0 saturated heterocycles. The van der Waals surface area contributed by atoms with Gasteiger partial charge in [-0.1, -0.05) is 13.8 Å². The van der Waals surface area contributed by atoms with Crippen LogP contribution in [-0.2, 0) is 7.05 Å². The Bertz CT molecular complexity index is 531. The molecule has 2 N–H and O–H groups in total. The minimum absolute atomic E-state index is 0.128. The Kier molecular flexibility index (Phi) is 4.16. The Morgan fingerprint density at radius 3 is 2.47 bits per heavy atom. The first-order valence-corrected chi connectivity index (χ1v) is 6.48. The van der Waals surface area contributed by atoms with Gasteiger partial charge in [-0.3, -0.25) is 0 Å². The molecular formula is C14H20N4O. The van der Waals surface area contributed by atoms with Gasteiger partial charge in [0.25, 0.3) is 0 Å². The van der Waals surface area contributed by atoms with Crippen LogP contribution >= 0.6 is 0 Å². The summed E-state index contributed by atoms with van der Waals surface area (Å²) in [5.41, 5.74) is 2.03. The molecule has 102 valence electrons. The van der Waals surface area contributed by atoms with Crippen molar-refractivity contribution < 1.29 is 5.11 Å². The molecule has 5 nitrogen and oxygen atoms in total. The number of hydrogen-bond donors (Lipinski definition) is 2. The van der Waals surface area contributed by atoms with Crippen LogP contribution in [0.4, 0.5) is 5.69 Å². The molecule has 0 unspecified atom stereocenters. The molecule has 0 spiro atoms. The standard InChI is InChI=1S/C14H20N4O/c1-10(2)13-16-14(18(3)17-13)11-4-6-12(7-5-11)15-8-9-19/h4-7,10,15,19H,8-9H2,1-3H3. The molecule has 0 radical (unpaired) electrons. The highest BCUT2D eigenvalue weighted by atomic mass is 16.3. The van der Waals surface area contributed by atoms with Gasteiger partial charge in [0, 0.05) is 30.8 Å². The fraction of sp³-hybridized carbons (Fsp3) is 0.429. The highest BCUT2D eigenvalue weighted by Crippen LogP contribution is 2.21. The summed E-state index contributed by atoms with van der Waals surface area (Å²) < 4.78 is 1.81. The van der Waals surface area contributed by atoms with Gasteiger partial charge in [0.05, 0.1) is 6.61 Å². The van der Waals surface area contributed by atoms with E-state index in [1.54, 1.807) is 0 Å². The molecular weight excluding hydrogens is 240 g/mol. The number of aromatic nitrogens is 3. The third-order valence-electron chi connectivity index (χ3n) is 2.88. The predicted octanol–water partition coefficient (Wildman–Crippen LogP) is 2.01. The summed E-state index contributed by atoms with van der Waals surface area (Å²) in [5, 5.41) is 16.3. The zero-order chi connectivity index (χ0) is 13.8. The molecule has 19 heavy (non-hydrogen) atoms. The number of anilines is 1. The zero-order valence-corrected chi connectivity index (χ0v) is 11.6. The number of nitrogens with one attached hydrogen (secondary N) is 1. The molecule has 1 heterocycles. The summed E-state index contributed by atoms with van der Waals surface area (Å²) in [7, 11) is 1.91. The highest BCUT2D eigenvalue weighted by molar-refractivity contribution is 5.60. The van der Waals surface area contributed by atoms with Gasteiger partial charge in [-0.05, 0) is 24.3 Å². The van der Waals surface area contributed by atoms with E-state index >= 15 is 0 Å². The van der Waals surface area contributed by atoms with Crippen LogP contribution < -0.4 is 5.32 Å². The maximum atomic E-state index is 8.77. The first kappa shape index (κ1) is 13.5. The van der Waals surface area contributed by atoms with Crippen LogP contribution in [-0.4, -0.2) is 33.0 Å². The van der Waals surface area contributed by atoms with E-state index in [4.69, 9.17) is 5.11 Å². The molecule has 0 aliphatic heterocycles. The van der Waals surface area contributed by atoms with Gasteiger partial charge >= 0.3 is 0 Å². The van der Waals surface area contributed by atoms with Gasteiger partial charge in [-0.25, -0.2) is 9.67 Å². The predicted molar refractivity (Wildman–Crippen MR) is 76.1 cm³/mol. The summed E-state index contributed by atoms with van der Waals surface area (Å²) in [4.78, 5) is 4.56. The molecule has 5 heteroatoms. The summed E-state index contributed by atoms with van der Waals surface area (Å²) in [6.45, 7) is 4.85. The van der Waals surface area contributed by atoms with Crippen LogP contribution in [0.2, 0.25) is 0 Å². The molecule has 0 fully saturated rings. The topological polar surface area (TPSA) is 63.0 Å². The number of aliphatic hydroxyl groups excluding tert-OH is 1. The zero-order valence-electron chi connectivity index (χ0n) is 11.6. The molecule has 0 aliphatic carbocycles. The minimum Gasteiger partial charge on any atom is -0.395 e. The lowest BCUT2D eigenvalue weighted by molar-refractivity contribution is 0.311. The van der Waals surface area contributed by atoms with E-state index in [-0.39, 0.29) is 6.61 Å². The van der Waals surface area contributed by atoms with Crippen LogP contribution in [0.25, 0.3) is 11.4 Å².